The number of benzene rings is 2. The maximum atomic E-state index is 6.42. The van der Waals surface area contributed by atoms with Crippen LogP contribution in [0.25, 0.3) is 0 Å². The van der Waals surface area contributed by atoms with E-state index in [4.69, 9.17) is 28.8 Å². The van der Waals surface area contributed by atoms with Crippen molar-refractivity contribution in [3.8, 4) is 0 Å². The molecule has 1 aliphatic heterocycles. The fourth-order valence-electron chi connectivity index (χ4n) is 2.88. The highest BCUT2D eigenvalue weighted by molar-refractivity contribution is 7.80. The van der Waals surface area contributed by atoms with E-state index in [1.807, 2.05) is 30.3 Å². The number of aliphatic imine (C=N–C) groups is 1. The molecule has 0 amide bonds. The molecule has 25 heavy (non-hydrogen) atoms. The molecule has 3 aromatic rings. The van der Waals surface area contributed by atoms with Crippen molar-refractivity contribution >= 4 is 50.9 Å². The number of nitrogens with one attached hydrogen (secondary N) is 1. The summed E-state index contributed by atoms with van der Waals surface area (Å²) in [6.07, 6.45) is 0.892. The number of halogens is 1. The Morgan fingerprint density at radius 3 is 2.60 bits per heavy atom. The van der Waals surface area contributed by atoms with Crippen molar-refractivity contribution in [1.29, 1.82) is 0 Å². The van der Waals surface area contributed by atoms with Gasteiger partial charge in [-0.1, -0.05) is 72.3 Å². The molecule has 0 radical (unpaired) electrons. The van der Waals surface area contributed by atoms with E-state index < -0.39 is 0 Å². The van der Waals surface area contributed by atoms with Crippen molar-refractivity contribution in [2.75, 3.05) is 11.9 Å². The molecule has 124 valence electrons. The lowest BCUT2D eigenvalue weighted by Crippen LogP contribution is -2.09. The van der Waals surface area contributed by atoms with Crippen LogP contribution >= 0.6 is 35.2 Å². The Hall–Kier alpha value is -2.01. The van der Waals surface area contributed by atoms with Crippen LogP contribution in [0.5, 0.6) is 0 Å². The summed E-state index contributed by atoms with van der Waals surface area (Å²) in [7, 11) is 0. The van der Waals surface area contributed by atoms with E-state index in [1.54, 1.807) is 11.3 Å². The van der Waals surface area contributed by atoms with Crippen LogP contribution in [0.15, 0.2) is 65.7 Å². The summed E-state index contributed by atoms with van der Waals surface area (Å²) >= 11 is 13.5. The highest BCUT2D eigenvalue weighted by Gasteiger charge is 2.21. The molecule has 2 heterocycles. The minimum absolute atomic E-state index is 0.477. The molecule has 0 fully saturated rings. The third-order valence-electron chi connectivity index (χ3n) is 4.02. The molecule has 2 nitrogen and oxygen atoms in total. The van der Waals surface area contributed by atoms with Crippen molar-refractivity contribution in [3.05, 3.63) is 87.3 Å². The van der Waals surface area contributed by atoms with E-state index in [9.17, 15) is 0 Å². The fourth-order valence-corrected chi connectivity index (χ4v) is 4.45. The second-order valence-electron chi connectivity index (χ2n) is 5.81. The van der Waals surface area contributed by atoms with Gasteiger partial charge in [0.25, 0.3) is 0 Å². The second kappa shape index (κ2) is 7.08. The van der Waals surface area contributed by atoms with Gasteiger partial charge < -0.3 is 5.32 Å². The van der Waals surface area contributed by atoms with Crippen molar-refractivity contribution in [2.24, 2.45) is 4.99 Å². The number of nitrogens with zero attached hydrogens (tertiary/aromatic N) is 1. The molecule has 0 bridgehead atoms. The van der Waals surface area contributed by atoms with Crippen LogP contribution in [0.4, 0.5) is 5.00 Å². The molecule has 2 aromatic carbocycles. The van der Waals surface area contributed by atoms with Gasteiger partial charge in [-0.2, -0.15) is 0 Å². The van der Waals surface area contributed by atoms with Crippen LogP contribution in [0.3, 0.4) is 0 Å². The molecule has 0 atom stereocenters. The predicted octanol–water partition coefficient (Wildman–Crippen LogP) is 5.58. The van der Waals surface area contributed by atoms with Gasteiger partial charge in [0.15, 0.2) is 0 Å². The molecule has 0 saturated carbocycles. The Balaban J connectivity index is 1.77. The van der Waals surface area contributed by atoms with E-state index >= 15 is 0 Å². The zero-order valence-electron chi connectivity index (χ0n) is 13.3. The lowest BCUT2D eigenvalue weighted by Gasteiger charge is -2.07. The Morgan fingerprint density at radius 2 is 1.80 bits per heavy atom. The summed E-state index contributed by atoms with van der Waals surface area (Å²) in [6, 6.07) is 20.5. The lowest BCUT2D eigenvalue weighted by molar-refractivity contribution is 1.24. The predicted molar refractivity (Wildman–Crippen MR) is 112 cm³/mol. The van der Waals surface area contributed by atoms with Gasteiger partial charge in [-0.15, -0.1) is 11.3 Å². The van der Waals surface area contributed by atoms with Crippen LogP contribution in [-0.4, -0.2) is 17.2 Å². The SMILES string of the molecule is S=C1CN=C(c2ccccc2Cl)c2cc(Cc3ccccc3)sc2N1. The van der Waals surface area contributed by atoms with Crippen LogP contribution in [0.2, 0.25) is 5.02 Å². The molecule has 4 rings (SSSR count). The summed E-state index contributed by atoms with van der Waals surface area (Å²) in [6.45, 7) is 0.477. The van der Waals surface area contributed by atoms with E-state index in [0.717, 1.165) is 33.2 Å². The fraction of sp³-hybridized carbons (Fsp3) is 0.100. The zero-order chi connectivity index (χ0) is 17.2. The van der Waals surface area contributed by atoms with Crippen molar-refractivity contribution < 1.29 is 0 Å². The van der Waals surface area contributed by atoms with Gasteiger partial charge in [0.2, 0.25) is 0 Å². The standard InChI is InChI=1S/C20H15ClN2S2/c21-17-9-5-4-8-15(17)19-16-11-14(10-13-6-2-1-3-7-13)25-20(16)23-18(24)12-22-19/h1-9,11H,10,12H2,(H,23,24). The van der Waals surface area contributed by atoms with E-state index in [-0.39, 0.29) is 0 Å². The molecule has 1 N–H and O–H groups in total. The molecule has 1 aromatic heterocycles. The smallest absolute Gasteiger partial charge is 0.103 e. The van der Waals surface area contributed by atoms with Crippen LogP contribution < -0.4 is 5.32 Å². The minimum atomic E-state index is 0.477. The van der Waals surface area contributed by atoms with E-state index in [1.165, 1.54) is 10.4 Å². The zero-order valence-corrected chi connectivity index (χ0v) is 15.7. The normalized spacial score (nSPS) is 13.6. The number of thiocarbonyl (C=S) groups is 1. The molecule has 0 aliphatic carbocycles. The largest absolute Gasteiger partial charge is 0.340 e. The van der Waals surface area contributed by atoms with E-state index in [0.29, 0.717) is 11.6 Å². The minimum Gasteiger partial charge on any atom is -0.340 e. The van der Waals surface area contributed by atoms with Gasteiger partial charge in [0, 0.05) is 27.4 Å². The molecule has 0 saturated heterocycles. The first kappa shape index (κ1) is 16.5. The summed E-state index contributed by atoms with van der Waals surface area (Å²) in [5.41, 5.74) is 4.21. The summed E-state index contributed by atoms with van der Waals surface area (Å²) in [5.74, 6) is 0. The van der Waals surface area contributed by atoms with Crippen LogP contribution in [-0.2, 0) is 6.42 Å². The maximum absolute atomic E-state index is 6.42. The average molecular weight is 383 g/mol. The topological polar surface area (TPSA) is 24.4 Å². The van der Waals surface area contributed by atoms with Gasteiger partial charge in [-0.05, 0) is 17.7 Å². The van der Waals surface area contributed by atoms with Gasteiger partial charge in [-0.25, -0.2) is 0 Å². The number of hydrogen-bond acceptors (Lipinski definition) is 3. The lowest BCUT2D eigenvalue weighted by atomic mass is 10.0. The molecule has 0 spiro atoms. The summed E-state index contributed by atoms with van der Waals surface area (Å²) in [5, 5.41) is 5.09. The number of fused-ring (bicyclic) bond motifs is 1. The highest BCUT2D eigenvalue weighted by Crippen LogP contribution is 2.34. The summed E-state index contributed by atoms with van der Waals surface area (Å²) in [4.78, 5) is 6.74. The van der Waals surface area contributed by atoms with Crippen molar-refractivity contribution in [3.63, 3.8) is 0 Å². The molecular formula is C20H15ClN2S2. The van der Waals surface area contributed by atoms with Gasteiger partial charge >= 0.3 is 0 Å². The number of hydrogen-bond donors (Lipinski definition) is 1. The van der Waals surface area contributed by atoms with Crippen LogP contribution in [0.1, 0.15) is 21.6 Å². The average Bonchev–Trinajstić information content (AvgIpc) is 2.92. The second-order valence-corrected chi connectivity index (χ2v) is 7.85. The molecule has 5 heteroatoms. The third kappa shape index (κ3) is 3.52. The first-order chi connectivity index (χ1) is 12.2. The quantitative estimate of drug-likeness (QED) is 0.598. The van der Waals surface area contributed by atoms with Crippen molar-refractivity contribution in [2.45, 2.75) is 6.42 Å². The Labute approximate surface area is 161 Å². The van der Waals surface area contributed by atoms with Gasteiger partial charge in [0.05, 0.1) is 12.3 Å². The van der Waals surface area contributed by atoms with E-state index in [2.05, 4.69) is 35.6 Å². The highest BCUT2D eigenvalue weighted by atomic mass is 35.5. The molecule has 1 aliphatic rings. The number of thiophene rings is 1. The first-order valence-corrected chi connectivity index (χ1v) is 9.57. The number of anilines is 1. The monoisotopic (exact) mass is 382 g/mol. The Bertz CT molecular complexity index is 961. The maximum Gasteiger partial charge on any atom is 0.103 e. The van der Waals surface area contributed by atoms with Gasteiger partial charge in [-0.3, -0.25) is 4.99 Å². The summed E-state index contributed by atoms with van der Waals surface area (Å²) < 4.78 is 0. The Kier molecular flexibility index (Phi) is 4.66. The van der Waals surface area contributed by atoms with Crippen molar-refractivity contribution in [1.82, 2.24) is 0 Å². The van der Waals surface area contributed by atoms with Crippen LogP contribution in [0, 0.1) is 0 Å². The Morgan fingerprint density at radius 1 is 1.04 bits per heavy atom. The molecule has 0 unspecified atom stereocenters. The number of rotatable bonds is 3. The third-order valence-corrected chi connectivity index (χ3v) is 5.63. The first-order valence-electron chi connectivity index (χ1n) is 7.97. The van der Waals surface area contributed by atoms with Gasteiger partial charge in [0.1, 0.15) is 9.99 Å². The molecular weight excluding hydrogens is 368 g/mol.